The van der Waals surface area contributed by atoms with Gasteiger partial charge in [-0.05, 0) is 34.5 Å². The fourth-order valence-corrected chi connectivity index (χ4v) is 2.41. The van der Waals surface area contributed by atoms with Crippen molar-refractivity contribution < 1.29 is 14.6 Å². The highest BCUT2D eigenvalue weighted by Crippen LogP contribution is 2.27. The average Bonchev–Trinajstić information content (AvgIpc) is 2.61. The van der Waals surface area contributed by atoms with Crippen LogP contribution in [-0.2, 0) is 11.3 Å². The van der Waals surface area contributed by atoms with Crippen LogP contribution in [0.4, 0.5) is 0 Å². The normalized spacial score (nSPS) is 10.7. The lowest BCUT2D eigenvalue weighted by Crippen LogP contribution is -1.95. The summed E-state index contributed by atoms with van der Waals surface area (Å²) < 4.78 is 6.14. The van der Waals surface area contributed by atoms with E-state index in [-0.39, 0.29) is 0 Å². The van der Waals surface area contributed by atoms with Gasteiger partial charge in [0.2, 0.25) is 0 Å². The Labute approximate surface area is 90.9 Å². The van der Waals surface area contributed by atoms with Gasteiger partial charge in [-0.25, -0.2) is 4.79 Å². The van der Waals surface area contributed by atoms with Crippen molar-refractivity contribution in [2.75, 3.05) is 7.11 Å². The average molecular weight is 222 g/mol. The Balaban J connectivity index is 2.56. The quantitative estimate of drug-likeness (QED) is 0.868. The Morgan fingerprint density at radius 1 is 1.53 bits per heavy atom. The fraction of sp³-hybridized carbons (Fsp3) is 0.182. The highest BCUT2D eigenvalue weighted by atomic mass is 32.1. The van der Waals surface area contributed by atoms with Gasteiger partial charge in [0.15, 0.2) is 0 Å². The number of carboxylic acids is 1. The predicted molar refractivity (Wildman–Crippen MR) is 59.5 cm³/mol. The summed E-state index contributed by atoms with van der Waals surface area (Å²) in [7, 11) is 1.63. The molecule has 0 bridgehead atoms. The molecule has 1 N–H and O–H groups in total. The highest BCUT2D eigenvalue weighted by molar-refractivity contribution is 7.17. The molecule has 0 amide bonds. The number of benzene rings is 1. The number of methoxy groups -OCH3 is 1. The van der Waals surface area contributed by atoms with Crippen molar-refractivity contribution in [3.63, 3.8) is 0 Å². The number of hydrogen-bond donors (Lipinski definition) is 1. The Morgan fingerprint density at radius 3 is 3.00 bits per heavy atom. The molecule has 0 saturated heterocycles. The smallest absolute Gasteiger partial charge is 0.335 e. The van der Waals surface area contributed by atoms with Crippen LogP contribution < -0.4 is 0 Å². The van der Waals surface area contributed by atoms with Crippen molar-refractivity contribution in [1.82, 2.24) is 0 Å². The van der Waals surface area contributed by atoms with Gasteiger partial charge in [-0.15, -0.1) is 11.3 Å². The molecule has 15 heavy (non-hydrogen) atoms. The van der Waals surface area contributed by atoms with Gasteiger partial charge in [-0.1, -0.05) is 0 Å². The first-order valence-electron chi connectivity index (χ1n) is 4.44. The van der Waals surface area contributed by atoms with Crippen LogP contribution in [0.25, 0.3) is 10.1 Å². The molecule has 0 radical (unpaired) electrons. The molecule has 0 unspecified atom stereocenters. The second-order valence-corrected chi connectivity index (χ2v) is 4.12. The molecule has 0 aliphatic carbocycles. The number of rotatable bonds is 3. The van der Waals surface area contributed by atoms with Crippen molar-refractivity contribution in [3.05, 3.63) is 34.7 Å². The molecular weight excluding hydrogens is 212 g/mol. The molecule has 0 spiro atoms. The van der Waals surface area contributed by atoms with Crippen LogP contribution in [-0.4, -0.2) is 18.2 Å². The number of aromatic carboxylic acids is 1. The molecule has 4 heteroatoms. The van der Waals surface area contributed by atoms with Crippen molar-refractivity contribution in [2.45, 2.75) is 6.61 Å². The second-order valence-electron chi connectivity index (χ2n) is 3.21. The van der Waals surface area contributed by atoms with Crippen LogP contribution in [0.3, 0.4) is 0 Å². The van der Waals surface area contributed by atoms with Crippen LogP contribution >= 0.6 is 11.3 Å². The van der Waals surface area contributed by atoms with Gasteiger partial charge in [0, 0.05) is 11.8 Å². The van der Waals surface area contributed by atoms with Gasteiger partial charge in [-0.2, -0.15) is 0 Å². The lowest BCUT2D eigenvalue weighted by Gasteiger charge is -1.98. The fourth-order valence-electron chi connectivity index (χ4n) is 1.48. The van der Waals surface area contributed by atoms with Gasteiger partial charge < -0.3 is 9.84 Å². The molecule has 0 aliphatic heterocycles. The van der Waals surface area contributed by atoms with E-state index in [0.717, 1.165) is 15.6 Å². The zero-order valence-electron chi connectivity index (χ0n) is 8.19. The summed E-state index contributed by atoms with van der Waals surface area (Å²) in [5.74, 6) is -0.897. The van der Waals surface area contributed by atoms with Crippen LogP contribution in [0, 0.1) is 0 Å². The van der Waals surface area contributed by atoms with E-state index in [2.05, 4.69) is 0 Å². The van der Waals surface area contributed by atoms with Crippen molar-refractivity contribution in [2.24, 2.45) is 0 Å². The van der Waals surface area contributed by atoms with E-state index in [1.54, 1.807) is 30.6 Å². The number of hydrogen-bond acceptors (Lipinski definition) is 3. The minimum Gasteiger partial charge on any atom is -0.478 e. The molecule has 3 nitrogen and oxygen atoms in total. The van der Waals surface area contributed by atoms with Crippen LogP contribution in [0.1, 0.15) is 15.9 Å². The summed E-state index contributed by atoms with van der Waals surface area (Å²) in [4.78, 5) is 10.8. The molecule has 1 heterocycles. The van der Waals surface area contributed by atoms with Crippen LogP contribution in [0.5, 0.6) is 0 Å². The minimum atomic E-state index is -0.897. The molecule has 1 aromatic heterocycles. The largest absolute Gasteiger partial charge is 0.478 e. The lowest BCUT2D eigenvalue weighted by molar-refractivity contribution is 0.0697. The summed E-state index contributed by atoms with van der Waals surface area (Å²) in [6.45, 7) is 0.517. The first-order chi connectivity index (χ1) is 7.22. The Hall–Kier alpha value is -1.39. The zero-order chi connectivity index (χ0) is 10.8. The molecule has 2 aromatic rings. The van der Waals surface area contributed by atoms with Gasteiger partial charge in [0.05, 0.1) is 12.2 Å². The molecule has 0 saturated carbocycles. The van der Waals surface area contributed by atoms with E-state index >= 15 is 0 Å². The second kappa shape index (κ2) is 4.00. The topological polar surface area (TPSA) is 46.5 Å². The number of thiophene rings is 1. The maximum Gasteiger partial charge on any atom is 0.335 e. The van der Waals surface area contributed by atoms with Crippen LogP contribution in [0.15, 0.2) is 23.6 Å². The maximum atomic E-state index is 10.8. The number of fused-ring (bicyclic) bond motifs is 1. The third-order valence-corrected chi connectivity index (χ3v) is 3.21. The maximum absolute atomic E-state index is 10.8. The first-order valence-corrected chi connectivity index (χ1v) is 5.32. The van der Waals surface area contributed by atoms with Crippen molar-refractivity contribution >= 4 is 27.4 Å². The molecule has 0 aliphatic rings. The standard InChI is InChI=1S/C11H10O3S/c1-14-5-8-6-15-10-3-2-7(11(12)13)4-9(8)10/h2-4,6H,5H2,1H3,(H,12,13). The SMILES string of the molecule is COCc1csc2ccc(C(=O)O)cc12. The molecule has 0 atom stereocenters. The minimum absolute atomic E-state index is 0.318. The summed E-state index contributed by atoms with van der Waals surface area (Å²) in [5, 5.41) is 11.8. The summed E-state index contributed by atoms with van der Waals surface area (Å²) in [6.07, 6.45) is 0. The third-order valence-electron chi connectivity index (χ3n) is 2.20. The monoisotopic (exact) mass is 222 g/mol. The number of carboxylic acid groups (broad SMARTS) is 1. The number of ether oxygens (including phenoxy) is 1. The molecule has 2 rings (SSSR count). The van der Waals surface area contributed by atoms with E-state index in [9.17, 15) is 4.79 Å². The lowest BCUT2D eigenvalue weighted by atomic mass is 10.1. The Bertz CT molecular complexity index is 502. The van der Waals surface area contributed by atoms with E-state index in [1.165, 1.54) is 0 Å². The Kier molecular flexibility index (Phi) is 2.70. The van der Waals surface area contributed by atoms with E-state index in [1.807, 2.05) is 11.4 Å². The van der Waals surface area contributed by atoms with Crippen LogP contribution in [0.2, 0.25) is 0 Å². The van der Waals surface area contributed by atoms with Gasteiger partial charge in [0.25, 0.3) is 0 Å². The molecule has 1 aromatic carbocycles. The zero-order valence-corrected chi connectivity index (χ0v) is 9.00. The summed E-state index contributed by atoms with van der Waals surface area (Å²) in [5.41, 5.74) is 1.36. The van der Waals surface area contributed by atoms with Crippen molar-refractivity contribution in [3.8, 4) is 0 Å². The Morgan fingerprint density at radius 2 is 2.33 bits per heavy atom. The number of carbonyl (C=O) groups is 1. The first kappa shape index (κ1) is 10.1. The van der Waals surface area contributed by atoms with Gasteiger partial charge in [0.1, 0.15) is 0 Å². The molecule has 78 valence electrons. The summed E-state index contributed by atoms with van der Waals surface area (Å²) >= 11 is 1.60. The summed E-state index contributed by atoms with van der Waals surface area (Å²) in [6, 6.07) is 5.16. The molecule has 0 fully saturated rings. The van der Waals surface area contributed by atoms with E-state index in [0.29, 0.717) is 12.2 Å². The van der Waals surface area contributed by atoms with Gasteiger partial charge >= 0.3 is 5.97 Å². The van der Waals surface area contributed by atoms with Gasteiger partial charge in [-0.3, -0.25) is 0 Å². The van der Waals surface area contributed by atoms with Crippen molar-refractivity contribution in [1.29, 1.82) is 0 Å². The predicted octanol–water partition coefficient (Wildman–Crippen LogP) is 2.75. The third kappa shape index (κ3) is 1.86. The highest BCUT2D eigenvalue weighted by Gasteiger charge is 2.08. The van der Waals surface area contributed by atoms with E-state index < -0.39 is 5.97 Å². The van der Waals surface area contributed by atoms with E-state index in [4.69, 9.17) is 9.84 Å². The molecular formula is C11H10O3S.